The Morgan fingerprint density at radius 3 is 2.55 bits per heavy atom. The molecule has 2 aromatic rings. The fraction of sp³-hybridized carbons (Fsp3) is 0.250. The molecule has 0 spiro atoms. The average Bonchev–Trinajstić information content (AvgIpc) is 2.47. The molecule has 0 aliphatic heterocycles. The van der Waals surface area contributed by atoms with E-state index in [1.54, 1.807) is 12.3 Å². The normalized spacial score (nSPS) is 10.3. The smallest absolute Gasteiger partial charge is 0.253 e. The summed E-state index contributed by atoms with van der Waals surface area (Å²) in [7, 11) is 0. The van der Waals surface area contributed by atoms with Gasteiger partial charge in [0.15, 0.2) is 0 Å². The SMILES string of the molecule is CCSc1ccc(CNC(=O)c2ccc(C)nc2)cc1. The van der Waals surface area contributed by atoms with Crippen LogP contribution in [0.15, 0.2) is 47.5 Å². The number of aryl methyl sites for hydroxylation is 1. The predicted molar refractivity (Wildman–Crippen MR) is 83.0 cm³/mol. The summed E-state index contributed by atoms with van der Waals surface area (Å²) in [5.41, 5.74) is 2.60. The van der Waals surface area contributed by atoms with Crippen LogP contribution in [0.3, 0.4) is 0 Å². The zero-order valence-corrected chi connectivity index (χ0v) is 12.5. The quantitative estimate of drug-likeness (QED) is 0.856. The zero-order chi connectivity index (χ0) is 14.4. The summed E-state index contributed by atoms with van der Waals surface area (Å²) in [6, 6.07) is 11.9. The molecule has 1 N–H and O–H groups in total. The number of benzene rings is 1. The maximum absolute atomic E-state index is 11.9. The molecule has 0 unspecified atom stereocenters. The Hall–Kier alpha value is -1.81. The van der Waals surface area contributed by atoms with E-state index in [1.807, 2.05) is 36.9 Å². The highest BCUT2D eigenvalue weighted by atomic mass is 32.2. The molecule has 1 amide bonds. The van der Waals surface area contributed by atoms with Crippen molar-refractivity contribution < 1.29 is 4.79 Å². The second kappa shape index (κ2) is 7.10. The first-order valence-electron chi connectivity index (χ1n) is 6.61. The van der Waals surface area contributed by atoms with Crippen molar-refractivity contribution >= 4 is 17.7 Å². The lowest BCUT2D eigenvalue weighted by atomic mass is 10.2. The summed E-state index contributed by atoms with van der Waals surface area (Å²) in [4.78, 5) is 17.3. The topological polar surface area (TPSA) is 42.0 Å². The van der Waals surface area contributed by atoms with Crippen LogP contribution in [-0.4, -0.2) is 16.6 Å². The van der Waals surface area contributed by atoms with Crippen LogP contribution < -0.4 is 5.32 Å². The van der Waals surface area contributed by atoms with Gasteiger partial charge in [-0.05, 0) is 42.5 Å². The van der Waals surface area contributed by atoms with Gasteiger partial charge in [0.25, 0.3) is 5.91 Å². The van der Waals surface area contributed by atoms with E-state index in [2.05, 4.69) is 29.4 Å². The van der Waals surface area contributed by atoms with Crippen molar-refractivity contribution in [2.45, 2.75) is 25.3 Å². The minimum atomic E-state index is -0.0930. The number of pyridine rings is 1. The van der Waals surface area contributed by atoms with E-state index < -0.39 is 0 Å². The number of thioether (sulfide) groups is 1. The first-order chi connectivity index (χ1) is 9.69. The Balaban J connectivity index is 1.91. The van der Waals surface area contributed by atoms with Crippen LogP contribution in [0.2, 0.25) is 0 Å². The molecule has 2 rings (SSSR count). The highest BCUT2D eigenvalue weighted by Gasteiger charge is 2.05. The van der Waals surface area contributed by atoms with Gasteiger partial charge in [0.1, 0.15) is 0 Å². The van der Waals surface area contributed by atoms with Crippen LogP contribution in [0.25, 0.3) is 0 Å². The largest absolute Gasteiger partial charge is 0.348 e. The molecular formula is C16H18N2OS. The first kappa shape index (κ1) is 14.6. The van der Waals surface area contributed by atoms with Crippen LogP contribution in [0.1, 0.15) is 28.5 Å². The van der Waals surface area contributed by atoms with Gasteiger partial charge in [-0.1, -0.05) is 19.1 Å². The van der Waals surface area contributed by atoms with Gasteiger partial charge in [-0.15, -0.1) is 11.8 Å². The average molecular weight is 286 g/mol. The summed E-state index contributed by atoms with van der Waals surface area (Å²) >= 11 is 1.81. The number of hydrogen-bond donors (Lipinski definition) is 1. The molecule has 0 fully saturated rings. The number of amides is 1. The van der Waals surface area contributed by atoms with Crippen molar-refractivity contribution in [2.75, 3.05) is 5.75 Å². The Labute approximate surface area is 123 Å². The molecule has 0 atom stereocenters. The molecule has 4 heteroatoms. The number of aromatic nitrogens is 1. The Morgan fingerprint density at radius 1 is 1.20 bits per heavy atom. The van der Waals surface area contributed by atoms with Crippen LogP contribution in [-0.2, 0) is 6.54 Å². The molecule has 1 aromatic heterocycles. The van der Waals surface area contributed by atoms with E-state index in [9.17, 15) is 4.79 Å². The van der Waals surface area contributed by atoms with Gasteiger partial charge in [0.2, 0.25) is 0 Å². The molecule has 1 aromatic carbocycles. The summed E-state index contributed by atoms with van der Waals surface area (Å²) in [5.74, 6) is 0.973. The van der Waals surface area contributed by atoms with Gasteiger partial charge in [-0.3, -0.25) is 9.78 Å². The highest BCUT2D eigenvalue weighted by Crippen LogP contribution is 2.17. The minimum Gasteiger partial charge on any atom is -0.348 e. The predicted octanol–water partition coefficient (Wildman–Crippen LogP) is 3.43. The van der Waals surface area contributed by atoms with Gasteiger partial charge in [0, 0.05) is 23.3 Å². The molecular weight excluding hydrogens is 268 g/mol. The number of carbonyl (C=O) groups excluding carboxylic acids is 1. The van der Waals surface area contributed by atoms with Gasteiger partial charge in [-0.25, -0.2) is 0 Å². The number of hydrogen-bond acceptors (Lipinski definition) is 3. The van der Waals surface area contributed by atoms with E-state index in [-0.39, 0.29) is 5.91 Å². The van der Waals surface area contributed by atoms with Crippen molar-refractivity contribution in [2.24, 2.45) is 0 Å². The summed E-state index contributed by atoms with van der Waals surface area (Å²) < 4.78 is 0. The first-order valence-corrected chi connectivity index (χ1v) is 7.60. The van der Waals surface area contributed by atoms with E-state index >= 15 is 0 Å². The molecule has 0 aliphatic carbocycles. The second-order valence-electron chi connectivity index (χ2n) is 4.45. The van der Waals surface area contributed by atoms with Crippen LogP contribution in [0, 0.1) is 6.92 Å². The summed E-state index contributed by atoms with van der Waals surface area (Å²) in [5, 5.41) is 2.90. The minimum absolute atomic E-state index is 0.0930. The molecule has 3 nitrogen and oxygen atoms in total. The molecule has 0 saturated heterocycles. The molecule has 0 radical (unpaired) electrons. The van der Waals surface area contributed by atoms with Crippen molar-refractivity contribution in [3.63, 3.8) is 0 Å². The van der Waals surface area contributed by atoms with Crippen molar-refractivity contribution in [3.05, 3.63) is 59.4 Å². The van der Waals surface area contributed by atoms with Gasteiger partial charge >= 0.3 is 0 Å². The molecule has 0 saturated carbocycles. The van der Waals surface area contributed by atoms with Crippen LogP contribution >= 0.6 is 11.8 Å². The van der Waals surface area contributed by atoms with Gasteiger partial charge < -0.3 is 5.32 Å². The Bertz CT molecular complexity index is 564. The molecule has 1 heterocycles. The van der Waals surface area contributed by atoms with Crippen molar-refractivity contribution in [1.29, 1.82) is 0 Å². The standard InChI is InChI=1S/C16H18N2OS/c1-3-20-15-8-5-13(6-9-15)10-18-16(19)14-7-4-12(2)17-11-14/h4-9,11H,3,10H2,1-2H3,(H,18,19). The summed E-state index contributed by atoms with van der Waals surface area (Å²) in [6.07, 6.45) is 1.60. The van der Waals surface area contributed by atoms with E-state index in [1.165, 1.54) is 4.90 Å². The zero-order valence-electron chi connectivity index (χ0n) is 11.7. The van der Waals surface area contributed by atoms with E-state index in [4.69, 9.17) is 0 Å². The van der Waals surface area contributed by atoms with Crippen molar-refractivity contribution in [3.8, 4) is 0 Å². The number of carbonyl (C=O) groups is 1. The number of nitrogens with one attached hydrogen (secondary N) is 1. The summed E-state index contributed by atoms with van der Waals surface area (Å²) in [6.45, 7) is 4.57. The van der Waals surface area contributed by atoms with Crippen molar-refractivity contribution in [1.82, 2.24) is 10.3 Å². The maximum Gasteiger partial charge on any atom is 0.253 e. The van der Waals surface area contributed by atoms with Crippen LogP contribution in [0.5, 0.6) is 0 Å². The van der Waals surface area contributed by atoms with Crippen LogP contribution in [0.4, 0.5) is 0 Å². The van der Waals surface area contributed by atoms with E-state index in [0.29, 0.717) is 12.1 Å². The molecule has 0 bridgehead atoms. The third-order valence-electron chi connectivity index (χ3n) is 2.86. The fourth-order valence-corrected chi connectivity index (χ4v) is 2.42. The fourth-order valence-electron chi connectivity index (χ4n) is 1.76. The number of nitrogens with zero attached hydrogens (tertiary/aromatic N) is 1. The lowest BCUT2D eigenvalue weighted by molar-refractivity contribution is 0.0950. The molecule has 20 heavy (non-hydrogen) atoms. The second-order valence-corrected chi connectivity index (χ2v) is 5.79. The Kier molecular flexibility index (Phi) is 5.18. The lowest BCUT2D eigenvalue weighted by Gasteiger charge is -2.06. The third-order valence-corrected chi connectivity index (χ3v) is 3.76. The molecule has 104 valence electrons. The lowest BCUT2D eigenvalue weighted by Crippen LogP contribution is -2.22. The van der Waals surface area contributed by atoms with Gasteiger partial charge in [-0.2, -0.15) is 0 Å². The number of rotatable bonds is 5. The van der Waals surface area contributed by atoms with Gasteiger partial charge in [0.05, 0.1) is 5.56 Å². The monoisotopic (exact) mass is 286 g/mol. The molecule has 0 aliphatic rings. The third kappa shape index (κ3) is 4.10. The van der Waals surface area contributed by atoms with E-state index in [0.717, 1.165) is 17.0 Å². The maximum atomic E-state index is 11.9. The highest BCUT2D eigenvalue weighted by molar-refractivity contribution is 7.99. The Morgan fingerprint density at radius 2 is 1.95 bits per heavy atom.